The van der Waals surface area contributed by atoms with Crippen LogP contribution in [0, 0.1) is 0 Å². The molecule has 1 atom stereocenters. The van der Waals surface area contributed by atoms with E-state index in [2.05, 4.69) is 16.1 Å². The first-order valence-electron chi connectivity index (χ1n) is 5.93. The number of carbonyl (C=O) groups excluding carboxylic acids is 2. The van der Waals surface area contributed by atoms with Crippen molar-refractivity contribution in [3.05, 3.63) is 12.2 Å². The fourth-order valence-electron chi connectivity index (χ4n) is 1.10. The molecule has 12 heteroatoms. The maximum absolute atomic E-state index is 13.7. The third-order valence-electron chi connectivity index (χ3n) is 2.39. The third kappa shape index (κ3) is 5.46. The number of halogens is 4. The average molecular weight is 366 g/mol. The molecule has 0 spiro atoms. The van der Waals surface area contributed by atoms with Crippen molar-refractivity contribution in [3.63, 3.8) is 0 Å². The Balaban J connectivity index is 5.08. The van der Waals surface area contributed by atoms with Gasteiger partial charge in [-0.25, -0.2) is 9.59 Å². The smallest absolute Gasteiger partial charge is 0.402 e. The lowest BCUT2D eigenvalue weighted by Gasteiger charge is -2.24. The average Bonchev–Trinajstić information content (AvgIpc) is 2.39. The molecule has 0 radical (unpaired) electrons. The molecule has 0 heterocycles. The Morgan fingerprint density at radius 2 is 1.74 bits per heavy atom. The van der Waals surface area contributed by atoms with Gasteiger partial charge in [-0.15, -0.1) is 0 Å². The maximum Gasteiger partial charge on any atom is 0.402 e. The first-order chi connectivity index (χ1) is 10.2. The van der Waals surface area contributed by atoms with Gasteiger partial charge >= 0.3 is 33.2 Å². The van der Waals surface area contributed by atoms with E-state index in [1.54, 1.807) is 0 Å². The van der Waals surface area contributed by atoms with E-state index in [-0.39, 0.29) is 5.57 Å². The first-order valence-corrected chi connectivity index (χ1v) is 7.37. The van der Waals surface area contributed by atoms with Gasteiger partial charge in [-0.05, 0) is 13.3 Å². The third-order valence-corrected chi connectivity index (χ3v) is 3.27. The molecule has 0 aliphatic carbocycles. The van der Waals surface area contributed by atoms with E-state index in [0.717, 1.165) is 13.8 Å². The van der Waals surface area contributed by atoms with Crippen LogP contribution in [0.15, 0.2) is 12.2 Å². The molecule has 23 heavy (non-hydrogen) atoms. The second-order valence-electron chi connectivity index (χ2n) is 4.39. The zero-order chi connectivity index (χ0) is 18.6. The molecule has 1 unspecified atom stereocenters. The minimum Gasteiger partial charge on any atom is -0.453 e. The van der Waals surface area contributed by atoms with Crippen molar-refractivity contribution in [1.29, 1.82) is 0 Å². The summed E-state index contributed by atoms with van der Waals surface area (Å²) in [6.45, 7) is 3.07. The van der Waals surface area contributed by atoms with Gasteiger partial charge < -0.3 is 9.47 Å². The van der Waals surface area contributed by atoms with Crippen molar-refractivity contribution < 1.29 is 49.6 Å². The molecule has 134 valence electrons. The molecule has 0 aromatic heterocycles. The van der Waals surface area contributed by atoms with Gasteiger partial charge in [0.25, 0.3) is 0 Å². The topological polar surface area (TPSA) is 107 Å². The number of hydrogen-bond donors (Lipinski definition) is 1. The van der Waals surface area contributed by atoms with Crippen LogP contribution < -0.4 is 0 Å². The monoisotopic (exact) mass is 366 g/mol. The van der Waals surface area contributed by atoms with Gasteiger partial charge in [-0.3, -0.25) is 4.55 Å². The van der Waals surface area contributed by atoms with Gasteiger partial charge in [0.2, 0.25) is 0 Å². The van der Waals surface area contributed by atoms with E-state index in [9.17, 15) is 35.6 Å². The van der Waals surface area contributed by atoms with E-state index in [1.807, 2.05) is 0 Å². The number of hydrogen-bond acceptors (Lipinski definition) is 6. The van der Waals surface area contributed by atoms with E-state index < -0.39 is 52.4 Å². The molecule has 1 N–H and O–H groups in total. The van der Waals surface area contributed by atoms with Crippen molar-refractivity contribution in [2.45, 2.75) is 37.5 Å². The van der Waals surface area contributed by atoms with E-state index in [4.69, 9.17) is 4.55 Å². The second-order valence-corrected chi connectivity index (χ2v) is 5.94. The number of carbonyl (C=O) groups is 2. The summed E-state index contributed by atoms with van der Waals surface area (Å²) in [6.07, 6.45) is -2.91. The predicted octanol–water partition coefficient (Wildman–Crippen LogP) is 1.54. The normalized spacial score (nSPS) is 14.0. The summed E-state index contributed by atoms with van der Waals surface area (Å²) in [5.41, 5.74) is -0.245. The highest BCUT2D eigenvalue weighted by Gasteiger charge is 2.53. The number of ether oxygens (including phenoxy) is 2. The van der Waals surface area contributed by atoms with Crippen LogP contribution in [0.25, 0.3) is 0 Å². The molecule has 0 bridgehead atoms. The Kier molecular flexibility index (Phi) is 6.72. The minimum absolute atomic E-state index is 0.245. The Hall–Kier alpha value is -1.69. The van der Waals surface area contributed by atoms with E-state index in [1.165, 1.54) is 0 Å². The van der Waals surface area contributed by atoms with Crippen molar-refractivity contribution in [1.82, 2.24) is 0 Å². The largest absolute Gasteiger partial charge is 0.453 e. The Bertz CT molecular complexity index is 585. The van der Waals surface area contributed by atoms with Crippen molar-refractivity contribution in [3.8, 4) is 0 Å². The quantitative estimate of drug-likeness (QED) is 0.300. The predicted molar refractivity (Wildman–Crippen MR) is 67.4 cm³/mol. The lowest BCUT2D eigenvalue weighted by atomic mass is 10.1. The molecule has 0 aromatic carbocycles. The molecule has 7 nitrogen and oxygen atoms in total. The number of rotatable bonds is 8. The minimum atomic E-state index is -5.95. The molecule has 0 amide bonds. The van der Waals surface area contributed by atoms with Crippen LogP contribution >= 0.6 is 0 Å². The van der Waals surface area contributed by atoms with Crippen LogP contribution in [0.2, 0.25) is 0 Å². The fraction of sp³-hybridized carbons (Fsp3) is 0.636. The molecule has 0 fully saturated rings. The maximum atomic E-state index is 13.7. The van der Waals surface area contributed by atoms with Crippen LogP contribution in [0.4, 0.5) is 17.6 Å². The van der Waals surface area contributed by atoms with Crippen LogP contribution in [0.3, 0.4) is 0 Å². The number of esters is 2. The second kappa shape index (κ2) is 7.25. The standard InChI is InChI=1S/C11H14F4O7S/c1-4-7(22-8(16)6(2)3)11(14,15)9(17)21-5-10(12,13)23(18,19)20/h7H,2,4-5H2,1,3H3,(H,18,19,20). The summed E-state index contributed by atoms with van der Waals surface area (Å²) in [4.78, 5) is 22.4. The molecule has 0 aliphatic rings. The van der Waals surface area contributed by atoms with Gasteiger partial charge in [0.15, 0.2) is 12.7 Å². The molecule has 0 saturated heterocycles. The summed E-state index contributed by atoms with van der Waals surface area (Å²) in [5, 5.41) is -4.96. The van der Waals surface area contributed by atoms with Gasteiger partial charge in [0.05, 0.1) is 0 Å². The lowest BCUT2D eigenvalue weighted by molar-refractivity contribution is -0.200. The SMILES string of the molecule is C=C(C)C(=O)OC(CC)C(F)(F)C(=O)OCC(F)(F)S(=O)(=O)O. The van der Waals surface area contributed by atoms with Crippen molar-refractivity contribution in [2.75, 3.05) is 6.61 Å². The zero-order valence-electron chi connectivity index (χ0n) is 12.0. The summed E-state index contributed by atoms with van der Waals surface area (Å²) >= 11 is 0. The van der Waals surface area contributed by atoms with Crippen LogP contribution in [-0.4, -0.2) is 48.8 Å². The van der Waals surface area contributed by atoms with Gasteiger partial charge in [-0.1, -0.05) is 13.5 Å². The fourth-order valence-corrected chi connectivity index (χ4v) is 1.30. The molecular formula is C11H14F4O7S. The Morgan fingerprint density at radius 3 is 2.09 bits per heavy atom. The summed E-state index contributed by atoms with van der Waals surface area (Å²) < 4.78 is 89.7. The van der Waals surface area contributed by atoms with Gasteiger partial charge in [0, 0.05) is 5.57 Å². The summed E-state index contributed by atoms with van der Waals surface area (Å²) in [7, 11) is -5.95. The zero-order valence-corrected chi connectivity index (χ0v) is 12.8. The van der Waals surface area contributed by atoms with Crippen LogP contribution in [0.5, 0.6) is 0 Å². The molecular weight excluding hydrogens is 352 g/mol. The lowest BCUT2D eigenvalue weighted by Crippen LogP contribution is -2.46. The van der Waals surface area contributed by atoms with Gasteiger partial charge in [0.1, 0.15) is 0 Å². The highest BCUT2D eigenvalue weighted by molar-refractivity contribution is 7.86. The summed E-state index contributed by atoms with van der Waals surface area (Å²) in [5.74, 6) is -8.30. The van der Waals surface area contributed by atoms with Crippen molar-refractivity contribution >= 4 is 22.1 Å². The van der Waals surface area contributed by atoms with Crippen molar-refractivity contribution in [2.24, 2.45) is 0 Å². The molecule has 0 saturated carbocycles. The Labute approximate surface area is 129 Å². The van der Waals surface area contributed by atoms with E-state index >= 15 is 0 Å². The highest BCUT2D eigenvalue weighted by Crippen LogP contribution is 2.28. The molecule has 0 rings (SSSR count). The number of alkyl halides is 4. The van der Waals surface area contributed by atoms with E-state index in [0.29, 0.717) is 0 Å². The molecule has 0 aliphatic heterocycles. The highest BCUT2D eigenvalue weighted by atomic mass is 32.2. The molecule has 0 aromatic rings. The first kappa shape index (κ1) is 21.3. The van der Waals surface area contributed by atoms with Crippen LogP contribution in [-0.2, 0) is 29.2 Å². The van der Waals surface area contributed by atoms with Crippen LogP contribution in [0.1, 0.15) is 20.3 Å². The van der Waals surface area contributed by atoms with Gasteiger partial charge in [-0.2, -0.15) is 26.0 Å². The summed E-state index contributed by atoms with van der Waals surface area (Å²) in [6, 6.07) is 0. The Morgan fingerprint density at radius 1 is 1.26 bits per heavy atom.